The minimum absolute atomic E-state index is 0.0747. The molecule has 0 bridgehead atoms. The second-order valence-electron chi connectivity index (χ2n) is 5.79. The Morgan fingerprint density at radius 2 is 2.13 bits per heavy atom. The zero-order chi connectivity index (χ0) is 15.8. The van der Waals surface area contributed by atoms with E-state index in [0.717, 1.165) is 35.6 Å². The van der Waals surface area contributed by atoms with Gasteiger partial charge in [0.25, 0.3) is 0 Å². The lowest BCUT2D eigenvalue weighted by Gasteiger charge is -2.21. The van der Waals surface area contributed by atoms with Crippen molar-refractivity contribution in [1.82, 2.24) is 15.8 Å². The summed E-state index contributed by atoms with van der Waals surface area (Å²) in [5.41, 5.74) is 5.23. The third-order valence-electron chi connectivity index (χ3n) is 4.11. The second kappa shape index (κ2) is 5.55. The van der Waals surface area contributed by atoms with Gasteiger partial charge in [0.15, 0.2) is 12.1 Å². The molecule has 6 heteroatoms. The number of hydrogen-bond donors (Lipinski definition) is 2. The highest BCUT2D eigenvalue weighted by Crippen LogP contribution is 2.29. The number of amidine groups is 1. The lowest BCUT2D eigenvalue weighted by Crippen LogP contribution is -2.46. The zero-order valence-corrected chi connectivity index (χ0v) is 12.8. The fourth-order valence-electron chi connectivity index (χ4n) is 2.68. The molecule has 1 unspecified atom stereocenters. The summed E-state index contributed by atoms with van der Waals surface area (Å²) >= 11 is 0. The first-order chi connectivity index (χ1) is 11.2. The van der Waals surface area contributed by atoms with Crippen LogP contribution in [0.5, 0.6) is 5.75 Å². The molecule has 0 radical (unpaired) electrons. The second-order valence-corrected chi connectivity index (χ2v) is 5.79. The number of nitrogens with one attached hydrogen (secondary N) is 2. The molecule has 0 aromatic heterocycles. The van der Waals surface area contributed by atoms with Crippen molar-refractivity contribution < 1.29 is 9.53 Å². The highest BCUT2D eigenvalue weighted by molar-refractivity contribution is 6.24. The predicted molar refractivity (Wildman–Crippen MR) is 87.2 cm³/mol. The third-order valence-corrected chi connectivity index (χ3v) is 4.11. The average molecular weight is 310 g/mol. The molecule has 2 N–H and O–H groups in total. The quantitative estimate of drug-likeness (QED) is 0.887. The Morgan fingerprint density at radius 3 is 2.83 bits per heavy atom. The number of amides is 1. The summed E-state index contributed by atoms with van der Waals surface area (Å²) < 4.78 is 5.20. The lowest BCUT2D eigenvalue weighted by molar-refractivity contribution is -0.123. The molecule has 1 aliphatic carbocycles. The van der Waals surface area contributed by atoms with Crippen LogP contribution in [0.1, 0.15) is 18.4 Å². The van der Waals surface area contributed by atoms with Gasteiger partial charge in [0, 0.05) is 17.7 Å². The van der Waals surface area contributed by atoms with E-state index in [-0.39, 0.29) is 11.8 Å². The molecule has 118 valence electrons. The number of benzene rings is 1. The summed E-state index contributed by atoms with van der Waals surface area (Å²) in [4.78, 5) is 16.5. The van der Waals surface area contributed by atoms with Crippen LogP contribution in [0.3, 0.4) is 0 Å². The molecule has 23 heavy (non-hydrogen) atoms. The number of hydrogen-bond acceptors (Lipinski definition) is 5. The first-order valence-electron chi connectivity index (χ1n) is 7.71. The molecule has 0 saturated heterocycles. The maximum absolute atomic E-state index is 11.9. The van der Waals surface area contributed by atoms with E-state index < -0.39 is 6.29 Å². The molecule has 1 atom stereocenters. The fraction of sp³-hybridized carbons (Fsp3) is 0.294. The molecule has 3 aliphatic rings. The van der Waals surface area contributed by atoms with Gasteiger partial charge in [-0.3, -0.25) is 9.80 Å². The van der Waals surface area contributed by atoms with Crippen molar-refractivity contribution in [3.8, 4) is 5.75 Å². The van der Waals surface area contributed by atoms with Crippen LogP contribution in [-0.2, 0) is 4.79 Å². The van der Waals surface area contributed by atoms with E-state index in [1.165, 1.54) is 0 Å². The summed E-state index contributed by atoms with van der Waals surface area (Å²) in [7, 11) is 1.65. The van der Waals surface area contributed by atoms with E-state index in [1.807, 2.05) is 47.6 Å². The van der Waals surface area contributed by atoms with E-state index in [4.69, 9.17) is 4.74 Å². The molecule has 1 amide bonds. The Morgan fingerprint density at radius 1 is 1.35 bits per heavy atom. The van der Waals surface area contributed by atoms with E-state index in [1.54, 1.807) is 7.11 Å². The number of fused-ring (bicyclic) bond motifs is 1. The SMILES string of the molecule is COc1ccc(C2=CC=CN3NC(NC(=O)C4CC4)N=C23)cc1. The number of allylic oxidation sites excluding steroid dienone is 2. The van der Waals surface area contributed by atoms with Crippen molar-refractivity contribution in [3.63, 3.8) is 0 Å². The van der Waals surface area contributed by atoms with Crippen molar-refractivity contribution in [2.24, 2.45) is 10.9 Å². The van der Waals surface area contributed by atoms with Crippen LogP contribution >= 0.6 is 0 Å². The standard InChI is InChI=1S/C17H18N4O2/c1-23-13-8-6-11(7-9-13)14-3-2-10-21-15(14)18-17(20-21)19-16(22)12-4-5-12/h2-3,6-10,12,17,20H,4-5H2,1H3,(H,19,22). The summed E-state index contributed by atoms with van der Waals surface area (Å²) in [6, 6.07) is 7.85. The number of hydrazine groups is 1. The Balaban J connectivity index is 1.56. The van der Waals surface area contributed by atoms with Crippen LogP contribution in [-0.4, -0.2) is 30.2 Å². The highest BCUT2D eigenvalue weighted by atomic mass is 16.5. The Hall–Kier alpha value is -2.60. The van der Waals surface area contributed by atoms with Gasteiger partial charge in [-0.1, -0.05) is 12.1 Å². The monoisotopic (exact) mass is 310 g/mol. The topological polar surface area (TPSA) is 66.0 Å². The maximum Gasteiger partial charge on any atom is 0.225 e. The van der Waals surface area contributed by atoms with Gasteiger partial charge < -0.3 is 10.1 Å². The van der Waals surface area contributed by atoms with Gasteiger partial charge in [-0.05, 0) is 42.7 Å². The lowest BCUT2D eigenvalue weighted by atomic mass is 10.0. The van der Waals surface area contributed by atoms with Crippen LogP contribution < -0.4 is 15.5 Å². The van der Waals surface area contributed by atoms with Crippen molar-refractivity contribution in [2.75, 3.05) is 7.11 Å². The first kappa shape index (κ1) is 14.0. The molecular formula is C17H18N4O2. The smallest absolute Gasteiger partial charge is 0.225 e. The Labute approximate surface area is 134 Å². The molecule has 4 rings (SSSR count). The van der Waals surface area contributed by atoms with Crippen LogP contribution in [0.15, 0.2) is 47.6 Å². The number of methoxy groups -OCH3 is 1. The van der Waals surface area contributed by atoms with Gasteiger partial charge in [0.05, 0.1) is 7.11 Å². The van der Waals surface area contributed by atoms with Gasteiger partial charge >= 0.3 is 0 Å². The molecule has 2 heterocycles. The molecular weight excluding hydrogens is 292 g/mol. The molecule has 1 saturated carbocycles. The minimum Gasteiger partial charge on any atom is -0.497 e. The number of aliphatic imine (C=N–C) groups is 1. The van der Waals surface area contributed by atoms with Gasteiger partial charge in [-0.15, -0.1) is 0 Å². The van der Waals surface area contributed by atoms with Crippen molar-refractivity contribution in [1.29, 1.82) is 0 Å². The highest BCUT2D eigenvalue weighted by Gasteiger charge is 2.34. The largest absolute Gasteiger partial charge is 0.497 e. The summed E-state index contributed by atoms with van der Waals surface area (Å²) in [6.07, 6.45) is 7.42. The van der Waals surface area contributed by atoms with Crippen LogP contribution in [0.25, 0.3) is 5.57 Å². The number of carbonyl (C=O) groups excluding carboxylic acids is 1. The van der Waals surface area contributed by atoms with Crippen LogP contribution in [0, 0.1) is 5.92 Å². The average Bonchev–Trinajstić information content (AvgIpc) is 3.35. The first-order valence-corrected chi connectivity index (χ1v) is 7.71. The van der Waals surface area contributed by atoms with Crippen molar-refractivity contribution in [2.45, 2.75) is 19.1 Å². The number of rotatable bonds is 4. The van der Waals surface area contributed by atoms with Gasteiger partial charge in [0.1, 0.15) is 5.75 Å². The number of ether oxygens (including phenoxy) is 1. The molecule has 0 spiro atoms. The van der Waals surface area contributed by atoms with Crippen molar-refractivity contribution in [3.05, 3.63) is 48.2 Å². The van der Waals surface area contributed by atoms with E-state index >= 15 is 0 Å². The van der Waals surface area contributed by atoms with E-state index in [9.17, 15) is 4.79 Å². The van der Waals surface area contributed by atoms with Gasteiger partial charge in [-0.25, -0.2) is 4.99 Å². The fourth-order valence-corrected chi connectivity index (χ4v) is 2.68. The van der Waals surface area contributed by atoms with Gasteiger partial charge in [-0.2, -0.15) is 5.43 Å². The molecule has 2 aliphatic heterocycles. The Bertz CT molecular complexity index is 717. The summed E-state index contributed by atoms with van der Waals surface area (Å²) in [5, 5.41) is 4.77. The molecule has 1 aromatic carbocycles. The third kappa shape index (κ3) is 2.73. The Kier molecular flexibility index (Phi) is 3.38. The van der Waals surface area contributed by atoms with E-state index in [0.29, 0.717) is 0 Å². The minimum atomic E-state index is -0.414. The molecule has 1 fully saturated rings. The summed E-state index contributed by atoms with van der Waals surface area (Å²) in [6.45, 7) is 0. The normalized spacial score (nSPS) is 22.3. The summed E-state index contributed by atoms with van der Waals surface area (Å²) in [5.74, 6) is 1.87. The van der Waals surface area contributed by atoms with Crippen LogP contribution in [0.4, 0.5) is 0 Å². The van der Waals surface area contributed by atoms with Crippen molar-refractivity contribution >= 4 is 17.3 Å². The maximum atomic E-state index is 11.9. The number of carbonyl (C=O) groups is 1. The number of nitrogens with zero attached hydrogens (tertiary/aromatic N) is 2. The zero-order valence-electron chi connectivity index (χ0n) is 12.8. The predicted octanol–water partition coefficient (Wildman–Crippen LogP) is 1.63. The van der Waals surface area contributed by atoms with E-state index in [2.05, 4.69) is 15.7 Å². The molecule has 1 aromatic rings. The molecule has 6 nitrogen and oxygen atoms in total. The van der Waals surface area contributed by atoms with Crippen LogP contribution in [0.2, 0.25) is 0 Å². The van der Waals surface area contributed by atoms with Gasteiger partial charge in [0.2, 0.25) is 5.91 Å².